The lowest BCUT2D eigenvalue weighted by molar-refractivity contribution is -0.172. The molecule has 3 rings (SSSR count). The molecule has 2 aliphatic rings. The van der Waals surface area contributed by atoms with Gasteiger partial charge in [-0.05, 0) is 18.9 Å². The Labute approximate surface area is 107 Å². The minimum atomic E-state index is -0.486. The number of rotatable bonds is 2. The summed E-state index contributed by atoms with van der Waals surface area (Å²) in [6.45, 7) is -0.0409. The van der Waals surface area contributed by atoms with E-state index in [1.807, 2.05) is 24.3 Å². The summed E-state index contributed by atoms with van der Waals surface area (Å²) in [5.41, 5.74) is 7.60. The molecule has 1 spiro atoms. The summed E-state index contributed by atoms with van der Waals surface area (Å²) in [7, 11) is 0. The number of aliphatic hydroxyl groups excluding tert-OH is 1. The normalized spacial score (nSPS) is 30.1. The molecule has 2 atom stereocenters. The Hall–Kier alpha value is -1.10. The SMILES string of the molecule is Nc1ccccc1[C@H]1OC2(CCCC2)O[C@@H]1CO. The van der Waals surface area contributed by atoms with Gasteiger partial charge in [-0.15, -0.1) is 0 Å². The number of benzene rings is 1. The molecule has 3 N–H and O–H groups in total. The van der Waals surface area contributed by atoms with E-state index in [1.165, 1.54) is 0 Å². The number of anilines is 1. The van der Waals surface area contributed by atoms with Crippen LogP contribution in [0.3, 0.4) is 0 Å². The van der Waals surface area contributed by atoms with Gasteiger partial charge in [-0.25, -0.2) is 0 Å². The number of nitrogen functional groups attached to an aromatic ring is 1. The molecular formula is C14H19NO3. The van der Waals surface area contributed by atoms with E-state index in [9.17, 15) is 5.11 Å². The van der Waals surface area contributed by atoms with Crippen LogP contribution in [0.5, 0.6) is 0 Å². The molecule has 1 aliphatic heterocycles. The lowest BCUT2D eigenvalue weighted by Gasteiger charge is -2.22. The van der Waals surface area contributed by atoms with E-state index >= 15 is 0 Å². The molecule has 1 aromatic rings. The summed E-state index contributed by atoms with van der Waals surface area (Å²) in [6.07, 6.45) is 3.49. The van der Waals surface area contributed by atoms with Gasteiger partial charge < -0.3 is 20.3 Å². The lowest BCUT2D eigenvalue weighted by atomic mass is 10.0. The Morgan fingerprint density at radius 2 is 1.94 bits per heavy atom. The van der Waals surface area contributed by atoms with Crippen LogP contribution in [-0.4, -0.2) is 23.6 Å². The van der Waals surface area contributed by atoms with Gasteiger partial charge in [0.05, 0.1) is 6.61 Å². The molecule has 1 heterocycles. The summed E-state index contributed by atoms with van der Waals surface area (Å²) in [6, 6.07) is 7.63. The van der Waals surface area contributed by atoms with E-state index in [2.05, 4.69) is 0 Å². The lowest BCUT2D eigenvalue weighted by Crippen LogP contribution is -2.27. The van der Waals surface area contributed by atoms with E-state index < -0.39 is 5.79 Å². The van der Waals surface area contributed by atoms with Crippen molar-refractivity contribution in [2.45, 2.75) is 43.7 Å². The Morgan fingerprint density at radius 1 is 1.22 bits per heavy atom. The molecule has 0 unspecified atom stereocenters. The van der Waals surface area contributed by atoms with Gasteiger partial charge in [0.2, 0.25) is 0 Å². The van der Waals surface area contributed by atoms with Crippen LogP contribution in [0.2, 0.25) is 0 Å². The Balaban J connectivity index is 1.89. The number of ether oxygens (including phenoxy) is 2. The molecule has 0 amide bonds. The number of hydrogen-bond acceptors (Lipinski definition) is 4. The molecule has 4 nitrogen and oxygen atoms in total. The Kier molecular flexibility index (Phi) is 3.01. The molecule has 1 saturated carbocycles. The first-order valence-corrected chi connectivity index (χ1v) is 6.55. The summed E-state index contributed by atoms with van der Waals surface area (Å²) >= 11 is 0. The molecule has 1 aromatic carbocycles. The molecule has 1 aliphatic carbocycles. The van der Waals surface area contributed by atoms with Crippen LogP contribution in [-0.2, 0) is 9.47 Å². The van der Waals surface area contributed by atoms with Gasteiger partial charge in [0.1, 0.15) is 12.2 Å². The molecule has 2 fully saturated rings. The highest BCUT2D eigenvalue weighted by atomic mass is 16.8. The fraction of sp³-hybridized carbons (Fsp3) is 0.571. The van der Waals surface area contributed by atoms with Crippen LogP contribution in [0, 0.1) is 0 Å². The van der Waals surface area contributed by atoms with Crippen molar-refractivity contribution in [3.63, 3.8) is 0 Å². The average molecular weight is 249 g/mol. The van der Waals surface area contributed by atoms with Gasteiger partial charge >= 0.3 is 0 Å². The summed E-state index contributed by atoms with van der Waals surface area (Å²) in [4.78, 5) is 0. The molecule has 0 aromatic heterocycles. The maximum Gasteiger partial charge on any atom is 0.169 e. The van der Waals surface area contributed by atoms with Crippen molar-refractivity contribution in [2.24, 2.45) is 0 Å². The molecule has 1 saturated heterocycles. The van der Waals surface area contributed by atoms with E-state index in [1.54, 1.807) is 0 Å². The highest BCUT2D eigenvalue weighted by Crippen LogP contribution is 2.47. The second kappa shape index (κ2) is 4.53. The minimum Gasteiger partial charge on any atom is -0.398 e. The molecule has 4 heteroatoms. The standard InChI is InChI=1S/C14H19NO3/c15-11-6-2-1-5-10(11)13-12(9-16)17-14(18-13)7-3-4-8-14/h1-2,5-6,12-13,16H,3-4,7-9,15H2/t12-,13-/m1/s1. The highest BCUT2D eigenvalue weighted by Gasteiger charge is 2.49. The topological polar surface area (TPSA) is 64.7 Å². The van der Waals surface area contributed by atoms with E-state index in [0.29, 0.717) is 5.69 Å². The van der Waals surface area contributed by atoms with Gasteiger partial charge in [-0.1, -0.05) is 18.2 Å². The second-order valence-corrected chi connectivity index (χ2v) is 5.12. The molecule has 0 bridgehead atoms. The quantitative estimate of drug-likeness (QED) is 0.787. The zero-order valence-electron chi connectivity index (χ0n) is 10.3. The number of nitrogens with two attached hydrogens (primary N) is 1. The maximum atomic E-state index is 9.49. The van der Waals surface area contributed by atoms with Gasteiger partial charge in [-0.3, -0.25) is 0 Å². The predicted octanol–water partition coefficient (Wildman–Crippen LogP) is 1.99. The first-order chi connectivity index (χ1) is 8.74. The van der Waals surface area contributed by atoms with Gasteiger partial charge in [0.25, 0.3) is 0 Å². The fourth-order valence-corrected chi connectivity index (χ4v) is 2.99. The second-order valence-electron chi connectivity index (χ2n) is 5.12. The third kappa shape index (κ3) is 1.90. The van der Waals surface area contributed by atoms with E-state index in [-0.39, 0.29) is 18.8 Å². The van der Waals surface area contributed by atoms with E-state index in [0.717, 1.165) is 31.2 Å². The summed E-state index contributed by atoms with van der Waals surface area (Å²) in [5, 5.41) is 9.49. The van der Waals surface area contributed by atoms with Gasteiger partial charge in [0, 0.05) is 24.1 Å². The molecule has 98 valence electrons. The van der Waals surface area contributed by atoms with Crippen LogP contribution in [0.1, 0.15) is 37.4 Å². The molecule has 0 radical (unpaired) electrons. The van der Waals surface area contributed by atoms with Crippen LogP contribution in [0.4, 0.5) is 5.69 Å². The highest BCUT2D eigenvalue weighted by molar-refractivity contribution is 5.48. The van der Waals surface area contributed by atoms with E-state index in [4.69, 9.17) is 15.2 Å². The Morgan fingerprint density at radius 3 is 2.61 bits per heavy atom. The zero-order chi connectivity index (χ0) is 12.6. The van der Waals surface area contributed by atoms with Crippen molar-refractivity contribution in [2.75, 3.05) is 12.3 Å². The molecule has 18 heavy (non-hydrogen) atoms. The monoisotopic (exact) mass is 249 g/mol. The first kappa shape index (κ1) is 12.0. The smallest absolute Gasteiger partial charge is 0.169 e. The number of aliphatic hydroxyl groups is 1. The summed E-state index contributed by atoms with van der Waals surface area (Å²) < 4.78 is 12.1. The predicted molar refractivity (Wildman–Crippen MR) is 67.8 cm³/mol. The number of hydrogen-bond donors (Lipinski definition) is 2. The van der Waals surface area contributed by atoms with Crippen molar-refractivity contribution in [1.29, 1.82) is 0 Å². The third-order valence-electron chi connectivity index (χ3n) is 3.89. The van der Waals surface area contributed by atoms with Crippen molar-refractivity contribution >= 4 is 5.69 Å². The van der Waals surface area contributed by atoms with Crippen molar-refractivity contribution in [3.05, 3.63) is 29.8 Å². The van der Waals surface area contributed by atoms with Gasteiger partial charge in [-0.2, -0.15) is 0 Å². The third-order valence-corrected chi connectivity index (χ3v) is 3.89. The number of para-hydroxylation sites is 1. The van der Waals surface area contributed by atoms with Crippen molar-refractivity contribution in [1.82, 2.24) is 0 Å². The minimum absolute atomic E-state index is 0.0409. The fourth-order valence-electron chi connectivity index (χ4n) is 2.99. The van der Waals surface area contributed by atoms with Crippen LogP contribution in [0.25, 0.3) is 0 Å². The van der Waals surface area contributed by atoms with Crippen LogP contribution < -0.4 is 5.73 Å². The summed E-state index contributed by atoms with van der Waals surface area (Å²) in [5.74, 6) is -0.486. The first-order valence-electron chi connectivity index (χ1n) is 6.55. The molecular weight excluding hydrogens is 230 g/mol. The maximum absolute atomic E-state index is 9.49. The van der Waals surface area contributed by atoms with Crippen molar-refractivity contribution in [3.8, 4) is 0 Å². The largest absolute Gasteiger partial charge is 0.398 e. The average Bonchev–Trinajstić information content (AvgIpc) is 2.98. The van der Waals surface area contributed by atoms with Crippen LogP contribution >= 0.6 is 0 Å². The van der Waals surface area contributed by atoms with Crippen molar-refractivity contribution < 1.29 is 14.6 Å². The zero-order valence-corrected chi connectivity index (χ0v) is 10.3. The van der Waals surface area contributed by atoms with Gasteiger partial charge in [0.15, 0.2) is 5.79 Å². The Bertz CT molecular complexity index is 429. The van der Waals surface area contributed by atoms with Crippen LogP contribution in [0.15, 0.2) is 24.3 Å².